The summed E-state index contributed by atoms with van der Waals surface area (Å²) in [6.07, 6.45) is 0. The van der Waals surface area contributed by atoms with Crippen molar-refractivity contribution < 1.29 is 18.9 Å². The monoisotopic (exact) mass is 334 g/mol. The average Bonchev–Trinajstić information content (AvgIpc) is 2.61. The van der Waals surface area contributed by atoms with Crippen LogP contribution < -0.4 is 18.9 Å². The summed E-state index contributed by atoms with van der Waals surface area (Å²) in [6.45, 7) is 0. The van der Waals surface area contributed by atoms with Crippen LogP contribution in [-0.2, 0) is 11.5 Å². The van der Waals surface area contributed by atoms with Crippen molar-refractivity contribution in [3.63, 3.8) is 0 Å². The van der Waals surface area contributed by atoms with Crippen LogP contribution in [-0.4, -0.2) is 28.4 Å². The van der Waals surface area contributed by atoms with E-state index in [9.17, 15) is 0 Å². The summed E-state index contributed by atoms with van der Waals surface area (Å²) in [7, 11) is 6.66. The van der Waals surface area contributed by atoms with E-state index in [-0.39, 0.29) is 0 Å². The maximum Gasteiger partial charge on any atom is 0.126 e. The third-order valence-electron chi connectivity index (χ3n) is 3.50. The zero-order valence-electron chi connectivity index (χ0n) is 13.9. The lowest BCUT2D eigenvalue weighted by molar-refractivity contribution is 0.392. The first-order valence-corrected chi connectivity index (χ1v) is 8.36. The maximum absolute atomic E-state index is 5.43. The van der Waals surface area contributed by atoms with Crippen molar-refractivity contribution in [2.24, 2.45) is 0 Å². The van der Waals surface area contributed by atoms with E-state index < -0.39 is 0 Å². The molecule has 0 unspecified atom stereocenters. The van der Waals surface area contributed by atoms with Crippen LogP contribution in [0.4, 0.5) is 0 Å². The summed E-state index contributed by atoms with van der Waals surface area (Å²) in [4.78, 5) is 0. The average molecular weight is 334 g/mol. The Kier molecular flexibility index (Phi) is 6.47. The molecule has 4 nitrogen and oxygen atoms in total. The first-order valence-electron chi connectivity index (χ1n) is 7.21. The smallest absolute Gasteiger partial charge is 0.126 e. The molecule has 0 bridgehead atoms. The molecule has 0 fully saturated rings. The van der Waals surface area contributed by atoms with Crippen molar-refractivity contribution in [1.29, 1.82) is 0 Å². The molecule has 2 rings (SSSR count). The van der Waals surface area contributed by atoms with Gasteiger partial charge in [0.25, 0.3) is 0 Å². The molecule has 0 aliphatic rings. The van der Waals surface area contributed by atoms with Gasteiger partial charge in [-0.15, -0.1) is 0 Å². The van der Waals surface area contributed by atoms with E-state index in [0.717, 1.165) is 45.6 Å². The Morgan fingerprint density at radius 3 is 1.43 bits per heavy atom. The second-order valence-electron chi connectivity index (χ2n) is 4.85. The number of benzene rings is 2. The van der Waals surface area contributed by atoms with Crippen molar-refractivity contribution in [2.45, 2.75) is 11.5 Å². The molecular formula is C18H22O4S. The minimum atomic E-state index is 0.799. The summed E-state index contributed by atoms with van der Waals surface area (Å²) in [5.74, 6) is 4.99. The number of thioether (sulfide) groups is 1. The van der Waals surface area contributed by atoms with Gasteiger partial charge in [-0.25, -0.2) is 0 Å². The van der Waals surface area contributed by atoms with E-state index in [0.29, 0.717) is 0 Å². The molecule has 0 aromatic heterocycles. The minimum Gasteiger partial charge on any atom is -0.497 e. The highest BCUT2D eigenvalue weighted by molar-refractivity contribution is 7.97. The van der Waals surface area contributed by atoms with Gasteiger partial charge in [0.1, 0.15) is 23.0 Å². The van der Waals surface area contributed by atoms with Gasteiger partial charge < -0.3 is 18.9 Å². The largest absolute Gasteiger partial charge is 0.497 e. The molecule has 2 aromatic rings. The first kappa shape index (κ1) is 17.3. The fourth-order valence-electron chi connectivity index (χ4n) is 2.21. The van der Waals surface area contributed by atoms with Crippen LogP contribution in [0.3, 0.4) is 0 Å². The van der Waals surface area contributed by atoms with Gasteiger partial charge in [-0.3, -0.25) is 0 Å². The Labute approximate surface area is 141 Å². The normalized spacial score (nSPS) is 10.3. The number of rotatable bonds is 8. The third kappa shape index (κ3) is 4.48. The molecule has 0 aliphatic heterocycles. The summed E-state index contributed by atoms with van der Waals surface area (Å²) in [6, 6.07) is 11.8. The molecule has 0 saturated carbocycles. The van der Waals surface area contributed by atoms with Gasteiger partial charge in [0, 0.05) is 34.8 Å². The van der Waals surface area contributed by atoms with Crippen molar-refractivity contribution in [3.8, 4) is 23.0 Å². The molecule has 0 amide bonds. The van der Waals surface area contributed by atoms with Gasteiger partial charge in [-0.2, -0.15) is 11.8 Å². The molecule has 23 heavy (non-hydrogen) atoms. The van der Waals surface area contributed by atoms with Gasteiger partial charge in [0.05, 0.1) is 28.4 Å². The maximum atomic E-state index is 5.43. The molecule has 2 aromatic carbocycles. The SMILES string of the molecule is COc1ccc(CSCc2ccc(OC)cc2OC)c(OC)c1. The molecule has 0 spiro atoms. The summed E-state index contributed by atoms with van der Waals surface area (Å²) in [5.41, 5.74) is 2.29. The van der Waals surface area contributed by atoms with Crippen LogP contribution in [0.25, 0.3) is 0 Å². The number of hydrogen-bond acceptors (Lipinski definition) is 5. The van der Waals surface area contributed by atoms with Gasteiger partial charge in [-0.05, 0) is 12.1 Å². The van der Waals surface area contributed by atoms with Gasteiger partial charge in [0.2, 0.25) is 0 Å². The fourth-order valence-corrected chi connectivity index (χ4v) is 3.23. The zero-order valence-corrected chi connectivity index (χ0v) is 14.7. The molecule has 0 N–H and O–H groups in total. The predicted octanol–water partition coefficient (Wildman–Crippen LogP) is 4.15. The lowest BCUT2D eigenvalue weighted by Gasteiger charge is -2.12. The van der Waals surface area contributed by atoms with Crippen LogP contribution >= 0.6 is 11.8 Å². The zero-order chi connectivity index (χ0) is 16.7. The Hall–Kier alpha value is -2.01. The molecule has 5 heteroatoms. The highest BCUT2D eigenvalue weighted by atomic mass is 32.2. The second-order valence-corrected chi connectivity index (χ2v) is 5.83. The lowest BCUT2D eigenvalue weighted by atomic mass is 10.2. The van der Waals surface area contributed by atoms with Crippen molar-refractivity contribution in [2.75, 3.05) is 28.4 Å². The van der Waals surface area contributed by atoms with Crippen LogP contribution in [0, 0.1) is 0 Å². The molecule has 0 heterocycles. The van der Waals surface area contributed by atoms with Crippen molar-refractivity contribution >= 4 is 11.8 Å². The van der Waals surface area contributed by atoms with Gasteiger partial charge in [0.15, 0.2) is 0 Å². The van der Waals surface area contributed by atoms with Crippen LogP contribution in [0.5, 0.6) is 23.0 Å². The quantitative estimate of drug-likeness (QED) is 0.725. The molecular weight excluding hydrogens is 312 g/mol. The number of hydrogen-bond donors (Lipinski definition) is 0. The van der Waals surface area contributed by atoms with E-state index >= 15 is 0 Å². The first-order chi connectivity index (χ1) is 11.2. The molecule has 0 aliphatic carbocycles. The highest BCUT2D eigenvalue weighted by Gasteiger charge is 2.08. The van der Waals surface area contributed by atoms with Crippen molar-refractivity contribution in [3.05, 3.63) is 47.5 Å². The summed E-state index contributed by atoms with van der Waals surface area (Å²) >= 11 is 1.80. The van der Waals surface area contributed by atoms with E-state index in [1.807, 2.05) is 36.4 Å². The van der Waals surface area contributed by atoms with E-state index in [1.165, 1.54) is 0 Å². The third-order valence-corrected chi connectivity index (χ3v) is 4.53. The number of methoxy groups -OCH3 is 4. The highest BCUT2D eigenvalue weighted by Crippen LogP contribution is 2.32. The van der Waals surface area contributed by atoms with E-state index in [2.05, 4.69) is 0 Å². The molecule has 124 valence electrons. The van der Waals surface area contributed by atoms with Crippen LogP contribution in [0.1, 0.15) is 11.1 Å². The van der Waals surface area contributed by atoms with Gasteiger partial charge in [-0.1, -0.05) is 12.1 Å². The Morgan fingerprint density at radius 1 is 0.652 bits per heavy atom. The second kappa shape index (κ2) is 8.58. The predicted molar refractivity (Wildman–Crippen MR) is 94.1 cm³/mol. The van der Waals surface area contributed by atoms with Crippen LogP contribution in [0.2, 0.25) is 0 Å². The van der Waals surface area contributed by atoms with E-state index in [4.69, 9.17) is 18.9 Å². The Balaban J connectivity index is 2.02. The molecule has 0 saturated heterocycles. The molecule has 0 radical (unpaired) electrons. The van der Waals surface area contributed by atoms with E-state index in [1.54, 1.807) is 40.2 Å². The number of ether oxygens (including phenoxy) is 4. The topological polar surface area (TPSA) is 36.9 Å². The van der Waals surface area contributed by atoms with Gasteiger partial charge >= 0.3 is 0 Å². The van der Waals surface area contributed by atoms with Crippen LogP contribution in [0.15, 0.2) is 36.4 Å². The standard InChI is InChI=1S/C18H22O4S/c1-19-15-7-5-13(17(9-15)21-3)11-23-12-14-6-8-16(20-2)10-18(14)22-4/h5-10H,11-12H2,1-4H3. The Morgan fingerprint density at radius 2 is 1.09 bits per heavy atom. The summed E-state index contributed by atoms with van der Waals surface area (Å²) < 4.78 is 21.3. The minimum absolute atomic E-state index is 0.799. The van der Waals surface area contributed by atoms with Crippen molar-refractivity contribution in [1.82, 2.24) is 0 Å². The fraction of sp³-hybridized carbons (Fsp3) is 0.333. The molecule has 0 atom stereocenters. The lowest BCUT2D eigenvalue weighted by Crippen LogP contribution is -1.94. The Bertz CT molecular complexity index is 587. The summed E-state index contributed by atoms with van der Waals surface area (Å²) in [5, 5.41) is 0.